The van der Waals surface area contributed by atoms with Gasteiger partial charge >= 0.3 is 0 Å². The topological polar surface area (TPSA) is 72.1 Å². The van der Waals surface area contributed by atoms with Crippen LogP contribution in [0.3, 0.4) is 0 Å². The molecule has 0 spiro atoms. The van der Waals surface area contributed by atoms with Gasteiger partial charge < -0.3 is 10.6 Å². The number of rotatable bonds is 4. The predicted molar refractivity (Wildman–Crippen MR) is 81.1 cm³/mol. The van der Waals surface area contributed by atoms with Gasteiger partial charge in [0, 0.05) is 12.6 Å². The van der Waals surface area contributed by atoms with Crippen LogP contribution in [0, 0.1) is 0 Å². The quantitative estimate of drug-likeness (QED) is 0.928. The molecular weight excluding hydrogens is 264 g/mol. The van der Waals surface area contributed by atoms with Crippen LogP contribution in [0.25, 0.3) is 0 Å². The second kappa shape index (κ2) is 5.91. The first-order valence-electron chi connectivity index (χ1n) is 7.18. The minimum absolute atomic E-state index is 0.206. The molecule has 1 aliphatic rings. The summed E-state index contributed by atoms with van der Waals surface area (Å²) in [5.74, 6) is 0.273. The Labute approximate surface area is 123 Å². The number of nitrogens with two attached hydrogens (primary N) is 1. The van der Waals surface area contributed by atoms with Crippen LogP contribution in [0.5, 0.6) is 0 Å². The molecule has 0 radical (unpaired) electrons. The minimum atomic E-state index is -0.545. The number of carbonyl (C=O) groups is 1. The van der Waals surface area contributed by atoms with Gasteiger partial charge in [-0.15, -0.1) is 10.2 Å². The molecule has 2 N–H and O–H groups in total. The zero-order valence-corrected chi connectivity index (χ0v) is 11.8. The standard InChI is InChI=1S/C16H18N4O/c17-16(21)14-8-9-15(19-18-14)20-10-4-7-13(20)11-12-5-2-1-3-6-12/h1-3,5-6,8-9,13H,4,7,10-11H2,(H2,17,21). The Balaban J connectivity index is 1.76. The summed E-state index contributed by atoms with van der Waals surface area (Å²) in [6.45, 7) is 0.974. The van der Waals surface area contributed by atoms with E-state index in [1.807, 2.05) is 12.1 Å². The second-order valence-corrected chi connectivity index (χ2v) is 5.32. The van der Waals surface area contributed by atoms with Crippen LogP contribution in [0.4, 0.5) is 5.82 Å². The Bertz CT molecular complexity index is 612. The molecule has 108 valence electrons. The summed E-state index contributed by atoms with van der Waals surface area (Å²) in [6, 6.07) is 14.4. The fraction of sp³-hybridized carbons (Fsp3) is 0.312. The molecule has 0 saturated carbocycles. The van der Waals surface area contributed by atoms with Gasteiger partial charge in [0.2, 0.25) is 0 Å². The van der Waals surface area contributed by atoms with Crippen molar-refractivity contribution in [1.82, 2.24) is 10.2 Å². The lowest BCUT2D eigenvalue weighted by Gasteiger charge is -2.25. The molecule has 1 saturated heterocycles. The zero-order valence-electron chi connectivity index (χ0n) is 11.8. The molecule has 1 aromatic carbocycles. The molecule has 1 aromatic heterocycles. The molecule has 1 amide bonds. The fourth-order valence-corrected chi connectivity index (χ4v) is 2.85. The first kappa shape index (κ1) is 13.5. The number of hydrogen-bond donors (Lipinski definition) is 1. The molecule has 5 nitrogen and oxygen atoms in total. The Morgan fingerprint density at radius 3 is 2.67 bits per heavy atom. The smallest absolute Gasteiger partial charge is 0.269 e. The Morgan fingerprint density at radius 1 is 1.19 bits per heavy atom. The van der Waals surface area contributed by atoms with Gasteiger partial charge in [-0.05, 0) is 37.0 Å². The van der Waals surface area contributed by atoms with Crippen molar-refractivity contribution < 1.29 is 4.79 Å². The maximum Gasteiger partial charge on any atom is 0.269 e. The third-order valence-corrected chi connectivity index (χ3v) is 3.89. The van der Waals surface area contributed by atoms with E-state index in [-0.39, 0.29) is 5.69 Å². The van der Waals surface area contributed by atoms with Crippen molar-refractivity contribution in [2.24, 2.45) is 5.73 Å². The van der Waals surface area contributed by atoms with E-state index < -0.39 is 5.91 Å². The van der Waals surface area contributed by atoms with Crippen molar-refractivity contribution in [3.63, 3.8) is 0 Å². The number of carbonyl (C=O) groups excluding carboxylic acids is 1. The van der Waals surface area contributed by atoms with E-state index in [1.54, 1.807) is 6.07 Å². The van der Waals surface area contributed by atoms with Gasteiger partial charge in [-0.3, -0.25) is 4.79 Å². The molecule has 2 aromatic rings. The molecule has 3 rings (SSSR count). The molecule has 21 heavy (non-hydrogen) atoms. The minimum Gasteiger partial charge on any atom is -0.364 e. The van der Waals surface area contributed by atoms with Gasteiger partial charge in [-0.25, -0.2) is 0 Å². The van der Waals surface area contributed by atoms with Crippen LogP contribution in [0.1, 0.15) is 28.9 Å². The Morgan fingerprint density at radius 2 is 2.00 bits per heavy atom. The van der Waals surface area contributed by atoms with E-state index in [0.717, 1.165) is 31.6 Å². The summed E-state index contributed by atoms with van der Waals surface area (Å²) in [5.41, 5.74) is 6.73. The van der Waals surface area contributed by atoms with Crippen molar-refractivity contribution >= 4 is 11.7 Å². The predicted octanol–water partition coefficient (Wildman–Crippen LogP) is 1.79. The molecule has 5 heteroatoms. The van der Waals surface area contributed by atoms with Gasteiger partial charge in [0.25, 0.3) is 5.91 Å². The lowest BCUT2D eigenvalue weighted by molar-refractivity contribution is 0.0994. The fourth-order valence-electron chi connectivity index (χ4n) is 2.85. The molecule has 2 heterocycles. The van der Waals surface area contributed by atoms with E-state index in [9.17, 15) is 4.79 Å². The molecule has 1 unspecified atom stereocenters. The van der Waals surface area contributed by atoms with Crippen LogP contribution < -0.4 is 10.6 Å². The maximum atomic E-state index is 11.0. The largest absolute Gasteiger partial charge is 0.364 e. The van der Waals surface area contributed by atoms with Gasteiger partial charge in [0.05, 0.1) is 0 Å². The summed E-state index contributed by atoms with van der Waals surface area (Å²) in [4.78, 5) is 13.3. The van der Waals surface area contributed by atoms with E-state index in [0.29, 0.717) is 6.04 Å². The normalized spacial score (nSPS) is 17.9. The van der Waals surface area contributed by atoms with E-state index in [2.05, 4.69) is 39.4 Å². The van der Waals surface area contributed by atoms with Crippen molar-refractivity contribution in [3.05, 3.63) is 53.7 Å². The first-order chi connectivity index (χ1) is 10.2. The molecular formula is C16H18N4O. The lowest BCUT2D eigenvalue weighted by Crippen LogP contribution is -2.32. The molecule has 1 atom stereocenters. The number of anilines is 1. The highest BCUT2D eigenvalue weighted by molar-refractivity contribution is 5.90. The van der Waals surface area contributed by atoms with Crippen LogP contribution in [-0.2, 0) is 6.42 Å². The number of hydrogen-bond acceptors (Lipinski definition) is 4. The molecule has 1 fully saturated rings. The SMILES string of the molecule is NC(=O)c1ccc(N2CCCC2Cc2ccccc2)nn1. The lowest BCUT2D eigenvalue weighted by atomic mass is 10.0. The van der Waals surface area contributed by atoms with Crippen molar-refractivity contribution in [2.75, 3.05) is 11.4 Å². The summed E-state index contributed by atoms with van der Waals surface area (Å²) in [5, 5.41) is 8.05. The van der Waals surface area contributed by atoms with Crippen LogP contribution >= 0.6 is 0 Å². The number of amides is 1. The highest BCUT2D eigenvalue weighted by Gasteiger charge is 2.26. The van der Waals surface area contributed by atoms with Crippen LogP contribution in [-0.4, -0.2) is 28.7 Å². The summed E-state index contributed by atoms with van der Waals surface area (Å²) in [6.07, 6.45) is 3.30. The highest BCUT2D eigenvalue weighted by atomic mass is 16.1. The van der Waals surface area contributed by atoms with E-state index in [4.69, 9.17) is 5.73 Å². The Hall–Kier alpha value is -2.43. The van der Waals surface area contributed by atoms with Crippen LogP contribution in [0.2, 0.25) is 0 Å². The van der Waals surface area contributed by atoms with Gasteiger partial charge in [-0.2, -0.15) is 0 Å². The average Bonchev–Trinajstić information content (AvgIpc) is 2.96. The van der Waals surface area contributed by atoms with Gasteiger partial charge in [0.15, 0.2) is 11.5 Å². The first-order valence-corrected chi connectivity index (χ1v) is 7.18. The maximum absolute atomic E-state index is 11.0. The van der Waals surface area contributed by atoms with Crippen molar-refractivity contribution in [2.45, 2.75) is 25.3 Å². The third kappa shape index (κ3) is 3.02. The van der Waals surface area contributed by atoms with E-state index in [1.165, 1.54) is 5.56 Å². The number of benzene rings is 1. The second-order valence-electron chi connectivity index (χ2n) is 5.32. The van der Waals surface area contributed by atoms with Crippen molar-refractivity contribution in [3.8, 4) is 0 Å². The van der Waals surface area contributed by atoms with Gasteiger partial charge in [0.1, 0.15) is 0 Å². The molecule has 0 bridgehead atoms. The van der Waals surface area contributed by atoms with Crippen LogP contribution in [0.15, 0.2) is 42.5 Å². The Kier molecular flexibility index (Phi) is 3.81. The monoisotopic (exact) mass is 282 g/mol. The number of aromatic nitrogens is 2. The summed E-state index contributed by atoms with van der Waals surface area (Å²) in [7, 11) is 0. The van der Waals surface area contributed by atoms with Gasteiger partial charge in [-0.1, -0.05) is 30.3 Å². The number of primary amides is 1. The zero-order chi connectivity index (χ0) is 14.7. The third-order valence-electron chi connectivity index (χ3n) is 3.89. The summed E-state index contributed by atoms with van der Waals surface area (Å²) >= 11 is 0. The average molecular weight is 282 g/mol. The molecule has 1 aliphatic heterocycles. The molecule has 0 aliphatic carbocycles. The number of nitrogens with zero attached hydrogens (tertiary/aromatic N) is 3. The highest BCUT2D eigenvalue weighted by Crippen LogP contribution is 2.25. The van der Waals surface area contributed by atoms with E-state index >= 15 is 0 Å². The summed E-state index contributed by atoms with van der Waals surface area (Å²) < 4.78 is 0. The van der Waals surface area contributed by atoms with Crippen molar-refractivity contribution in [1.29, 1.82) is 0 Å².